The van der Waals surface area contributed by atoms with Crippen molar-refractivity contribution in [3.8, 4) is 0 Å². The van der Waals surface area contributed by atoms with E-state index in [1.54, 1.807) is 0 Å². The number of likely N-dealkylation sites (N-methyl/N-ethyl adjacent to an activating group) is 2. The smallest absolute Gasteiger partial charge is 0.0532 e. The first-order chi connectivity index (χ1) is 26.7. The molecule has 0 saturated heterocycles. The van der Waals surface area contributed by atoms with Crippen LogP contribution in [-0.4, -0.2) is 56.1 Å². The minimum absolute atomic E-state index is 0.813. The maximum absolute atomic E-state index is 6.34. The maximum atomic E-state index is 6.34. The first-order valence-corrected chi connectivity index (χ1v) is 20.8. The molecular weight excluding hydrogens is 719 g/mol. The Bertz CT molecular complexity index is 2480. The molecule has 2 aromatic carbocycles. The average Bonchev–Trinajstić information content (AvgIpc) is 3.85. The van der Waals surface area contributed by atoms with Crippen LogP contribution >= 0.6 is 23.2 Å². The van der Waals surface area contributed by atoms with Gasteiger partial charge in [-0.1, -0.05) is 43.1 Å². The van der Waals surface area contributed by atoms with Gasteiger partial charge < -0.3 is 18.9 Å². The molecule has 0 bridgehead atoms. The van der Waals surface area contributed by atoms with Crippen molar-refractivity contribution in [1.82, 2.24) is 28.9 Å². The number of halogens is 2. The number of allylic oxidation sites excluding steroid dienone is 3. The molecule has 4 aliphatic rings. The molecule has 6 heterocycles. The zero-order valence-corrected chi connectivity index (χ0v) is 34.7. The first-order valence-electron chi connectivity index (χ1n) is 20.0. The highest BCUT2D eigenvalue weighted by molar-refractivity contribution is 6.31. The number of benzene rings is 2. The molecule has 284 valence electrons. The summed E-state index contributed by atoms with van der Waals surface area (Å²) in [5.41, 5.74) is 18.9. The quantitative estimate of drug-likeness (QED) is 0.176. The van der Waals surface area contributed by atoms with Crippen LogP contribution in [0, 0.1) is 6.92 Å². The number of rotatable bonds is 2. The maximum Gasteiger partial charge on any atom is 0.0532 e. The Morgan fingerprint density at radius 2 is 1.45 bits per heavy atom. The van der Waals surface area contributed by atoms with Crippen LogP contribution in [0.25, 0.3) is 44.8 Å². The number of hydrogen-bond donors (Lipinski definition) is 0. The van der Waals surface area contributed by atoms with Crippen LogP contribution in [0.15, 0.2) is 67.0 Å². The summed E-state index contributed by atoms with van der Waals surface area (Å²) < 4.78 is 4.92. The van der Waals surface area contributed by atoms with E-state index in [9.17, 15) is 0 Å². The molecule has 4 aromatic heterocycles. The van der Waals surface area contributed by atoms with Crippen molar-refractivity contribution >= 4 is 68.1 Å². The molecule has 2 aliphatic carbocycles. The number of pyridine rings is 2. The van der Waals surface area contributed by atoms with Crippen molar-refractivity contribution in [3.05, 3.63) is 128 Å². The van der Waals surface area contributed by atoms with Gasteiger partial charge in [0.25, 0.3) is 0 Å². The second kappa shape index (κ2) is 15.7. The summed E-state index contributed by atoms with van der Waals surface area (Å²) in [6.45, 7) is 12.5. The van der Waals surface area contributed by atoms with Gasteiger partial charge in [-0.15, -0.1) is 0 Å². The molecule has 0 unspecified atom stereocenters. The molecule has 10 rings (SSSR count). The summed E-state index contributed by atoms with van der Waals surface area (Å²) in [7, 11) is 4.40. The Kier molecular flexibility index (Phi) is 10.8. The van der Waals surface area contributed by atoms with Crippen molar-refractivity contribution in [2.75, 3.05) is 27.2 Å². The van der Waals surface area contributed by atoms with Crippen molar-refractivity contribution in [2.24, 2.45) is 0 Å². The van der Waals surface area contributed by atoms with E-state index in [1.165, 1.54) is 90.0 Å². The predicted octanol–water partition coefficient (Wildman–Crippen LogP) is 11.4. The third kappa shape index (κ3) is 7.08. The fourth-order valence-electron chi connectivity index (χ4n) is 9.28. The molecule has 0 spiro atoms. The Morgan fingerprint density at radius 1 is 0.727 bits per heavy atom. The lowest BCUT2D eigenvalue weighted by Crippen LogP contribution is -2.27. The fourth-order valence-corrected chi connectivity index (χ4v) is 9.62. The molecular formula is C47H52Cl2N6. The number of aryl methyl sites for hydroxylation is 3. The molecule has 2 aliphatic heterocycles. The van der Waals surface area contributed by atoms with Gasteiger partial charge in [0.05, 0.1) is 11.0 Å². The molecule has 55 heavy (non-hydrogen) atoms. The number of nitrogens with zero attached hydrogens (tertiary/aromatic N) is 6. The van der Waals surface area contributed by atoms with Crippen molar-refractivity contribution in [2.45, 2.75) is 85.7 Å². The number of fused-ring (bicyclic) bond motifs is 8. The monoisotopic (exact) mass is 770 g/mol. The Morgan fingerprint density at radius 3 is 2.25 bits per heavy atom. The lowest BCUT2D eigenvalue weighted by molar-refractivity contribution is 0.308. The van der Waals surface area contributed by atoms with Crippen LogP contribution in [-0.2, 0) is 38.8 Å². The SMILES string of the molecule is C/C(=C1/CCc2cnccc21)n1c2c(c3cc(Cl)ccc31)CN(C)CC2.CC.Cc1ccc2c(n1)CCC/C2=C\n1c2c(c3cc(Cl)ccc31)CCN(C)C2. The van der Waals surface area contributed by atoms with Crippen LogP contribution in [0.1, 0.15) is 90.6 Å². The largest absolute Gasteiger partial charge is 0.318 e. The predicted molar refractivity (Wildman–Crippen MR) is 233 cm³/mol. The average molecular weight is 772 g/mol. The third-order valence-electron chi connectivity index (χ3n) is 11.9. The highest BCUT2D eigenvalue weighted by atomic mass is 35.5. The van der Waals surface area contributed by atoms with Gasteiger partial charge in [-0.2, -0.15) is 0 Å². The molecule has 0 atom stereocenters. The van der Waals surface area contributed by atoms with Gasteiger partial charge >= 0.3 is 0 Å². The van der Waals surface area contributed by atoms with E-state index >= 15 is 0 Å². The van der Waals surface area contributed by atoms with E-state index in [1.807, 2.05) is 38.4 Å². The summed E-state index contributed by atoms with van der Waals surface area (Å²) in [6.07, 6.45) is 14.0. The van der Waals surface area contributed by atoms with Crippen LogP contribution < -0.4 is 0 Å². The second-order valence-electron chi connectivity index (χ2n) is 15.4. The minimum Gasteiger partial charge on any atom is -0.318 e. The van der Waals surface area contributed by atoms with Gasteiger partial charge in [0, 0.05) is 106 Å². The number of aromatic nitrogens is 4. The topological polar surface area (TPSA) is 42.1 Å². The Balaban J connectivity index is 0.000000149. The zero-order valence-electron chi connectivity index (χ0n) is 33.1. The molecule has 6 aromatic rings. The van der Waals surface area contributed by atoms with Crippen LogP contribution in [0.2, 0.25) is 10.0 Å². The zero-order chi connectivity index (χ0) is 38.4. The standard InChI is InChI=1S/C23H24ClN3.C22H22ClN3.C2H6/c1-15-6-8-18-16(4-3-5-21(18)25-15)13-27-22-9-7-17(24)12-20(22)19-10-11-26(2)14-23(19)27;1-14(17-5-3-15-12-24-9-7-18(15)17)26-21-6-4-16(23)11-19(21)20-13-25(2)10-8-22(20)26;1-2/h6-9,12-13H,3-5,10-11,14H2,1-2H3;4,6-7,9,11-12H,3,5,8,10,13H2,1-2H3;1-2H3/b16-13+;17-14+;. The molecule has 0 amide bonds. The van der Waals surface area contributed by atoms with E-state index in [0.717, 1.165) is 80.4 Å². The number of hydrogen-bond acceptors (Lipinski definition) is 4. The summed E-state index contributed by atoms with van der Waals surface area (Å²) in [5, 5.41) is 4.23. The lowest BCUT2D eigenvalue weighted by Gasteiger charge is -2.25. The minimum atomic E-state index is 0.813. The highest BCUT2D eigenvalue weighted by Gasteiger charge is 2.27. The van der Waals surface area contributed by atoms with Gasteiger partial charge in [-0.25, -0.2) is 0 Å². The second-order valence-corrected chi connectivity index (χ2v) is 16.3. The molecule has 0 fully saturated rings. The highest BCUT2D eigenvalue weighted by Crippen LogP contribution is 2.41. The first kappa shape index (κ1) is 37.7. The van der Waals surface area contributed by atoms with E-state index in [0.29, 0.717) is 0 Å². The fraction of sp³-hybridized carbons (Fsp3) is 0.362. The van der Waals surface area contributed by atoms with E-state index < -0.39 is 0 Å². The van der Waals surface area contributed by atoms with E-state index in [-0.39, 0.29) is 0 Å². The van der Waals surface area contributed by atoms with Crippen molar-refractivity contribution in [3.63, 3.8) is 0 Å². The van der Waals surface area contributed by atoms with Gasteiger partial charge in [0.15, 0.2) is 0 Å². The van der Waals surface area contributed by atoms with Crippen molar-refractivity contribution in [1.29, 1.82) is 0 Å². The summed E-state index contributed by atoms with van der Waals surface area (Å²) in [5.74, 6) is 0. The van der Waals surface area contributed by atoms with E-state index in [4.69, 9.17) is 28.2 Å². The molecule has 0 saturated carbocycles. The van der Waals surface area contributed by atoms with E-state index in [2.05, 4.69) is 101 Å². The summed E-state index contributed by atoms with van der Waals surface area (Å²) in [4.78, 5) is 13.9. The molecule has 6 nitrogen and oxygen atoms in total. The third-order valence-corrected chi connectivity index (χ3v) is 12.4. The van der Waals surface area contributed by atoms with Gasteiger partial charge in [0.2, 0.25) is 0 Å². The Labute approximate surface area is 336 Å². The van der Waals surface area contributed by atoms with Gasteiger partial charge in [-0.3, -0.25) is 9.97 Å². The molecule has 0 radical (unpaired) electrons. The normalized spacial score (nSPS) is 18.2. The van der Waals surface area contributed by atoms with Gasteiger partial charge in [-0.05, 0) is 148 Å². The summed E-state index contributed by atoms with van der Waals surface area (Å²) in [6, 6.07) is 19.2. The molecule has 0 N–H and O–H groups in total. The lowest BCUT2D eigenvalue weighted by atomic mass is 9.91. The Hall–Kier alpha value is -4.20. The summed E-state index contributed by atoms with van der Waals surface area (Å²) >= 11 is 12.7. The van der Waals surface area contributed by atoms with Crippen molar-refractivity contribution < 1.29 is 0 Å². The van der Waals surface area contributed by atoms with Gasteiger partial charge in [0.1, 0.15) is 0 Å². The molecule has 8 heteroatoms. The van der Waals surface area contributed by atoms with Crippen LogP contribution in [0.3, 0.4) is 0 Å². The van der Waals surface area contributed by atoms with Crippen LogP contribution in [0.4, 0.5) is 0 Å². The van der Waals surface area contributed by atoms with Crippen LogP contribution in [0.5, 0.6) is 0 Å².